The van der Waals surface area contributed by atoms with Crippen molar-refractivity contribution in [3.05, 3.63) is 35.9 Å². The Hall–Kier alpha value is -0.940. The number of morpholine rings is 1. The summed E-state index contributed by atoms with van der Waals surface area (Å²) < 4.78 is 10.8. The lowest BCUT2D eigenvalue weighted by molar-refractivity contribution is -0.0175. The number of aliphatic hydroxyl groups is 1. The Morgan fingerprint density at radius 3 is 2.67 bits per heavy atom. The van der Waals surface area contributed by atoms with Gasteiger partial charge in [0.05, 0.1) is 32.5 Å². The Balaban J connectivity index is 1.61. The first-order valence-electron chi connectivity index (χ1n) is 6.44. The van der Waals surface area contributed by atoms with Crippen molar-refractivity contribution in [1.29, 1.82) is 0 Å². The van der Waals surface area contributed by atoms with Gasteiger partial charge in [0.15, 0.2) is 0 Å². The average Bonchev–Trinajstić information content (AvgIpc) is 2.41. The van der Waals surface area contributed by atoms with Crippen LogP contribution in [0.3, 0.4) is 0 Å². The zero-order valence-corrected chi connectivity index (χ0v) is 10.6. The first-order chi connectivity index (χ1) is 8.84. The minimum Gasteiger partial charge on any atom is -0.389 e. The van der Waals surface area contributed by atoms with Crippen molar-refractivity contribution in [1.82, 2.24) is 4.90 Å². The molecule has 1 N–H and O–H groups in total. The molecule has 1 aliphatic heterocycles. The summed E-state index contributed by atoms with van der Waals surface area (Å²) in [6.07, 6.45) is -0.424. The lowest BCUT2D eigenvalue weighted by Gasteiger charge is -2.28. The SMILES string of the molecule is O[C@H](COCc1ccccc1)CN1CCOCC1. The van der Waals surface area contributed by atoms with Crippen molar-refractivity contribution in [2.45, 2.75) is 12.7 Å². The monoisotopic (exact) mass is 251 g/mol. The molecule has 1 aromatic carbocycles. The molecule has 2 rings (SSSR count). The van der Waals surface area contributed by atoms with Gasteiger partial charge in [-0.05, 0) is 5.56 Å². The quantitative estimate of drug-likeness (QED) is 0.815. The van der Waals surface area contributed by atoms with Crippen molar-refractivity contribution < 1.29 is 14.6 Å². The van der Waals surface area contributed by atoms with Crippen molar-refractivity contribution >= 4 is 0 Å². The van der Waals surface area contributed by atoms with Gasteiger partial charge < -0.3 is 14.6 Å². The summed E-state index contributed by atoms with van der Waals surface area (Å²) in [6, 6.07) is 10.0. The minimum atomic E-state index is -0.424. The average molecular weight is 251 g/mol. The van der Waals surface area contributed by atoms with Crippen molar-refractivity contribution in [2.24, 2.45) is 0 Å². The topological polar surface area (TPSA) is 41.9 Å². The predicted molar refractivity (Wildman–Crippen MR) is 69.4 cm³/mol. The summed E-state index contributed by atoms with van der Waals surface area (Å²) in [5.74, 6) is 0. The first kappa shape index (κ1) is 13.5. The van der Waals surface area contributed by atoms with E-state index < -0.39 is 6.10 Å². The molecule has 0 bridgehead atoms. The molecule has 1 atom stereocenters. The molecule has 1 aromatic rings. The molecule has 18 heavy (non-hydrogen) atoms. The van der Waals surface area contributed by atoms with Gasteiger partial charge >= 0.3 is 0 Å². The van der Waals surface area contributed by atoms with Gasteiger partial charge in [-0.1, -0.05) is 30.3 Å². The van der Waals surface area contributed by atoms with Crippen LogP contribution < -0.4 is 0 Å². The van der Waals surface area contributed by atoms with E-state index in [-0.39, 0.29) is 0 Å². The molecule has 1 fully saturated rings. The number of hydrogen-bond acceptors (Lipinski definition) is 4. The number of benzene rings is 1. The highest BCUT2D eigenvalue weighted by molar-refractivity contribution is 5.13. The van der Waals surface area contributed by atoms with Gasteiger partial charge in [0.2, 0.25) is 0 Å². The standard InChI is InChI=1S/C14H21NO3/c16-14(10-15-6-8-17-9-7-15)12-18-11-13-4-2-1-3-5-13/h1-5,14,16H,6-12H2/t14-/m0/s1. The van der Waals surface area contributed by atoms with Crippen LogP contribution in [0.1, 0.15) is 5.56 Å². The maximum absolute atomic E-state index is 9.87. The summed E-state index contributed by atoms with van der Waals surface area (Å²) in [6.45, 7) is 4.92. The molecule has 4 nitrogen and oxygen atoms in total. The van der Waals surface area contributed by atoms with Crippen LogP contribution in [0.15, 0.2) is 30.3 Å². The van der Waals surface area contributed by atoms with E-state index in [1.54, 1.807) is 0 Å². The number of β-amino-alcohol motifs (C(OH)–C–C–N with tert-alkyl or cyclic N) is 1. The predicted octanol–water partition coefficient (Wildman–Crippen LogP) is 0.896. The fourth-order valence-corrected chi connectivity index (χ4v) is 2.02. The van der Waals surface area contributed by atoms with E-state index in [1.807, 2.05) is 30.3 Å². The minimum absolute atomic E-state index is 0.381. The normalized spacial score (nSPS) is 18.7. The third kappa shape index (κ3) is 4.74. The first-order valence-corrected chi connectivity index (χ1v) is 6.44. The van der Waals surface area contributed by atoms with Crippen LogP contribution in [0.25, 0.3) is 0 Å². The molecule has 100 valence electrons. The molecule has 0 radical (unpaired) electrons. The Morgan fingerprint density at radius 2 is 1.94 bits per heavy atom. The van der Waals surface area contributed by atoms with Gasteiger partial charge in [-0.2, -0.15) is 0 Å². The van der Waals surface area contributed by atoms with Crippen LogP contribution in [-0.2, 0) is 16.1 Å². The van der Waals surface area contributed by atoms with E-state index >= 15 is 0 Å². The fraction of sp³-hybridized carbons (Fsp3) is 0.571. The second-order valence-electron chi connectivity index (χ2n) is 4.57. The van der Waals surface area contributed by atoms with Crippen LogP contribution in [0.2, 0.25) is 0 Å². The van der Waals surface area contributed by atoms with E-state index in [4.69, 9.17) is 9.47 Å². The van der Waals surface area contributed by atoms with Gasteiger partial charge in [0, 0.05) is 19.6 Å². The highest BCUT2D eigenvalue weighted by Gasteiger charge is 2.14. The van der Waals surface area contributed by atoms with E-state index in [0.29, 0.717) is 19.8 Å². The van der Waals surface area contributed by atoms with Gasteiger partial charge in [0.25, 0.3) is 0 Å². The number of hydrogen-bond donors (Lipinski definition) is 1. The largest absolute Gasteiger partial charge is 0.389 e. The highest BCUT2D eigenvalue weighted by atomic mass is 16.5. The van der Waals surface area contributed by atoms with Gasteiger partial charge in [-0.3, -0.25) is 4.90 Å². The molecule has 1 heterocycles. The molecule has 0 spiro atoms. The van der Waals surface area contributed by atoms with E-state index in [9.17, 15) is 5.11 Å². The smallest absolute Gasteiger partial charge is 0.0900 e. The Labute approximate surface area is 108 Å². The van der Waals surface area contributed by atoms with Crippen LogP contribution in [0.4, 0.5) is 0 Å². The van der Waals surface area contributed by atoms with Gasteiger partial charge in [-0.15, -0.1) is 0 Å². The third-order valence-corrected chi connectivity index (χ3v) is 2.99. The highest BCUT2D eigenvalue weighted by Crippen LogP contribution is 2.03. The molecule has 0 aromatic heterocycles. The van der Waals surface area contributed by atoms with E-state index in [2.05, 4.69) is 4.90 Å². The van der Waals surface area contributed by atoms with Crippen LogP contribution >= 0.6 is 0 Å². The Bertz CT molecular complexity index is 325. The number of rotatable bonds is 6. The van der Waals surface area contributed by atoms with Crippen LogP contribution in [0.5, 0.6) is 0 Å². The van der Waals surface area contributed by atoms with Crippen molar-refractivity contribution in [2.75, 3.05) is 39.5 Å². The Morgan fingerprint density at radius 1 is 1.22 bits per heavy atom. The lowest BCUT2D eigenvalue weighted by Crippen LogP contribution is -2.42. The maximum Gasteiger partial charge on any atom is 0.0900 e. The molecule has 1 saturated heterocycles. The second-order valence-corrected chi connectivity index (χ2v) is 4.57. The van der Waals surface area contributed by atoms with E-state index in [1.165, 1.54) is 0 Å². The molecule has 4 heteroatoms. The zero-order valence-electron chi connectivity index (χ0n) is 10.6. The van der Waals surface area contributed by atoms with Crippen LogP contribution in [-0.4, -0.2) is 55.6 Å². The molecule has 1 aliphatic rings. The fourth-order valence-electron chi connectivity index (χ4n) is 2.02. The molecule has 0 amide bonds. The zero-order chi connectivity index (χ0) is 12.6. The van der Waals surface area contributed by atoms with Gasteiger partial charge in [0.1, 0.15) is 0 Å². The van der Waals surface area contributed by atoms with E-state index in [0.717, 1.165) is 31.9 Å². The summed E-state index contributed by atoms with van der Waals surface area (Å²) in [5.41, 5.74) is 1.14. The molecular weight excluding hydrogens is 230 g/mol. The molecule has 0 unspecified atom stereocenters. The molecule has 0 saturated carbocycles. The summed E-state index contributed by atoms with van der Waals surface area (Å²) in [5, 5.41) is 9.87. The van der Waals surface area contributed by atoms with Gasteiger partial charge in [-0.25, -0.2) is 0 Å². The Kier molecular flexibility index (Phi) is 5.61. The molecule has 0 aliphatic carbocycles. The summed E-state index contributed by atoms with van der Waals surface area (Å²) in [7, 11) is 0. The number of nitrogens with zero attached hydrogens (tertiary/aromatic N) is 1. The number of aliphatic hydroxyl groups excluding tert-OH is 1. The maximum atomic E-state index is 9.87. The number of ether oxygens (including phenoxy) is 2. The van der Waals surface area contributed by atoms with Crippen molar-refractivity contribution in [3.8, 4) is 0 Å². The van der Waals surface area contributed by atoms with Crippen molar-refractivity contribution in [3.63, 3.8) is 0 Å². The molecular formula is C14H21NO3. The summed E-state index contributed by atoms with van der Waals surface area (Å²) >= 11 is 0. The lowest BCUT2D eigenvalue weighted by atomic mass is 10.2. The summed E-state index contributed by atoms with van der Waals surface area (Å²) in [4.78, 5) is 2.21. The van der Waals surface area contributed by atoms with Crippen LogP contribution in [0, 0.1) is 0 Å². The second kappa shape index (κ2) is 7.48. The third-order valence-electron chi connectivity index (χ3n) is 2.99.